The fraction of sp³-hybridized carbons (Fsp3) is 0.160. The Hall–Kier alpha value is -4.35. The van der Waals surface area contributed by atoms with Gasteiger partial charge in [-0.1, -0.05) is 30.3 Å². The summed E-state index contributed by atoms with van der Waals surface area (Å²) in [6.45, 7) is 1.96. The molecular weight excluding hydrogens is 484 g/mol. The molecule has 1 N–H and O–H groups in total. The van der Waals surface area contributed by atoms with Gasteiger partial charge in [-0.3, -0.25) is 10.1 Å². The molecule has 0 spiro atoms. The van der Waals surface area contributed by atoms with Gasteiger partial charge in [-0.05, 0) is 41.8 Å². The first-order valence-corrected chi connectivity index (χ1v) is 11.8. The van der Waals surface area contributed by atoms with Gasteiger partial charge in [0.25, 0.3) is 5.69 Å². The molecule has 0 radical (unpaired) electrons. The predicted octanol–water partition coefficient (Wildman–Crippen LogP) is 5.30. The molecular formula is C25H20N4O6S. The minimum Gasteiger partial charge on any atom is -0.434 e. The normalized spacial score (nSPS) is 11.2. The second-order valence-electron chi connectivity index (χ2n) is 7.95. The van der Waals surface area contributed by atoms with E-state index >= 15 is 0 Å². The number of ether oxygens (including phenoxy) is 2. The van der Waals surface area contributed by atoms with Crippen molar-refractivity contribution in [2.75, 3.05) is 6.61 Å². The molecule has 0 amide bonds. The van der Waals surface area contributed by atoms with E-state index in [2.05, 4.69) is 8.75 Å². The number of nitro benzene ring substituents is 1. The molecule has 0 atom stereocenters. The van der Waals surface area contributed by atoms with Crippen molar-refractivity contribution in [2.24, 2.45) is 0 Å². The van der Waals surface area contributed by atoms with E-state index in [4.69, 9.17) is 9.47 Å². The largest absolute Gasteiger partial charge is 0.515 e. The molecule has 0 aliphatic heterocycles. The average Bonchev–Trinajstić information content (AvgIpc) is 3.46. The minimum absolute atomic E-state index is 0.0921. The van der Waals surface area contributed by atoms with Crippen LogP contribution in [0.5, 0.6) is 5.88 Å². The lowest BCUT2D eigenvalue weighted by Crippen LogP contribution is -2.14. The molecule has 5 rings (SSSR count). The minimum atomic E-state index is -0.886. The number of hydrogen-bond donors (Lipinski definition) is 1. The number of rotatable bonds is 7. The van der Waals surface area contributed by atoms with Crippen LogP contribution in [0, 0.1) is 10.1 Å². The van der Waals surface area contributed by atoms with Crippen LogP contribution in [0.2, 0.25) is 0 Å². The van der Waals surface area contributed by atoms with Crippen LogP contribution in [-0.4, -0.2) is 36.1 Å². The number of aromatic nitrogens is 3. The Morgan fingerprint density at radius 1 is 1.06 bits per heavy atom. The predicted molar refractivity (Wildman–Crippen MR) is 134 cm³/mol. The summed E-state index contributed by atoms with van der Waals surface area (Å²) in [5.41, 5.74) is 4.82. The maximum absolute atomic E-state index is 12.5. The number of aliphatic hydroxyl groups is 1. The monoisotopic (exact) mass is 504 g/mol. The van der Waals surface area contributed by atoms with Gasteiger partial charge in [0, 0.05) is 17.5 Å². The van der Waals surface area contributed by atoms with Crippen molar-refractivity contribution >= 4 is 45.5 Å². The van der Waals surface area contributed by atoms with E-state index in [1.165, 1.54) is 12.1 Å². The Labute approximate surface area is 208 Å². The fourth-order valence-corrected chi connectivity index (χ4v) is 4.60. The molecule has 2 aromatic heterocycles. The summed E-state index contributed by atoms with van der Waals surface area (Å²) in [6, 6.07) is 17.2. The average molecular weight is 505 g/mol. The lowest BCUT2D eigenvalue weighted by molar-refractivity contribution is -0.384. The first kappa shape index (κ1) is 23.4. The van der Waals surface area contributed by atoms with Crippen molar-refractivity contribution in [2.45, 2.75) is 20.1 Å². The zero-order chi connectivity index (χ0) is 25.2. The zero-order valence-corrected chi connectivity index (χ0v) is 19.9. The number of nitro groups is 1. The van der Waals surface area contributed by atoms with Crippen LogP contribution in [0.4, 0.5) is 10.5 Å². The summed E-state index contributed by atoms with van der Waals surface area (Å²) in [5, 5.41) is 21.6. The number of nitrogens with zero attached hydrogens (tertiary/aromatic N) is 4. The SMILES string of the molecule is CCOC(=O)Oc1c(-c2ccc(CO)cc2)c2cc([N+](=O)[O-])ccc2n1Cc1ccc2nsnc2c1. The maximum Gasteiger partial charge on any atom is 0.515 e. The van der Waals surface area contributed by atoms with Crippen LogP contribution in [0.25, 0.3) is 33.1 Å². The van der Waals surface area contributed by atoms with Crippen molar-refractivity contribution < 1.29 is 24.3 Å². The van der Waals surface area contributed by atoms with E-state index in [1.54, 1.807) is 41.8 Å². The summed E-state index contributed by atoms with van der Waals surface area (Å²) in [5.74, 6) is 0.192. The number of carbonyl (C=O) groups is 1. The van der Waals surface area contributed by atoms with Crippen molar-refractivity contribution in [1.82, 2.24) is 13.3 Å². The third-order valence-corrected chi connectivity index (χ3v) is 6.29. The Morgan fingerprint density at radius 2 is 1.81 bits per heavy atom. The summed E-state index contributed by atoms with van der Waals surface area (Å²) < 4.78 is 21.1. The van der Waals surface area contributed by atoms with Gasteiger partial charge in [-0.25, -0.2) is 4.79 Å². The Morgan fingerprint density at radius 3 is 2.53 bits per heavy atom. The van der Waals surface area contributed by atoms with Gasteiger partial charge in [0.05, 0.1) is 47.5 Å². The number of carbonyl (C=O) groups excluding carboxylic acids is 1. The molecule has 0 aliphatic rings. The molecule has 0 saturated heterocycles. The van der Waals surface area contributed by atoms with Crippen molar-refractivity contribution in [3.63, 3.8) is 0 Å². The molecule has 0 aliphatic carbocycles. The van der Waals surface area contributed by atoms with E-state index in [9.17, 15) is 20.0 Å². The van der Waals surface area contributed by atoms with Crippen LogP contribution < -0.4 is 4.74 Å². The number of aliphatic hydroxyl groups excluding tert-OH is 1. The Balaban J connectivity index is 1.75. The highest BCUT2D eigenvalue weighted by molar-refractivity contribution is 7.00. The van der Waals surface area contributed by atoms with Gasteiger partial charge in [0.15, 0.2) is 0 Å². The van der Waals surface area contributed by atoms with Crippen LogP contribution in [0.15, 0.2) is 60.7 Å². The number of fused-ring (bicyclic) bond motifs is 2. The summed E-state index contributed by atoms with van der Waals surface area (Å²) in [6.07, 6.45) is -0.886. The van der Waals surface area contributed by atoms with E-state index in [0.717, 1.165) is 28.3 Å². The molecule has 0 unspecified atom stereocenters. The number of benzene rings is 3. The molecule has 10 nitrogen and oxygen atoms in total. The van der Waals surface area contributed by atoms with Crippen molar-refractivity contribution in [3.05, 3.63) is 81.9 Å². The second-order valence-corrected chi connectivity index (χ2v) is 8.48. The first-order chi connectivity index (χ1) is 17.5. The number of non-ortho nitro benzene ring substituents is 1. The van der Waals surface area contributed by atoms with Gasteiger partial charge < -0.3 is 19.1 Å². The lowest BCUT2D eigenvalue weighted by Gasteiger charge is -2.13. The van der Waals surface area contributed by atoms with Gasteiger partial charge in [0.1, 0.15) is 11.0 Å². The third kappa shape index (κ3) is 4.37. The Bertz CT molecular complexity index is 1590. The molecule has 5 aromatic rings. The molecule has 182 valence electrons. The molecule has 0 fully saturated rings. The second kappa shape index (κ2) is 9.72. The van der Waals surface area contributed by atoms with E-state index in [-0.39, 0.29) is 24.8 Å². The molecule has 0 bridgehead atoms. The molecule has 0 saturated carbocycles. The number of hydrogen-bond acceptors (Lipinski definition) is 9. The maximum atomic E-state index is 12.5. The molecule has 11 heteroatoms. The quantitative estimate of drug-likeness (QED) is 0.180. The summed E-state index contributed by atoms with van der Waals surface area (Å²) in [7, 11) is 0. The van der Waals surface area contributed by atoms with Crippen molar-refractivity contribution in [3.8, 4) is 17.0 Å². The van der Waals surface area contributed by atoms with E-state index in [1.807, 2.05) is 18.2 Å². The molecule has 36 heavy (non-hydrogen) atoms. The highest BCUT2D eigenvalue weighted by Gasteiger charge is 2.25. The van der Waals surface area contributed by atoms with Crippen LogP contribution >= 0.6 is 11.7 Å². The topological polar surface area (TPSA) is 130 Å². The van der Waals surface area contributed by atoms with Crippen molar-refractivity contribution in [1.29, 1.82) is 0 Å². The lowest BCUT2D eigenvalue weighted by atomic mass is 10.0. The molecule has 2 heterocycles. The van der Waals surface area contributed by atoms with Gasteiger partial charge in [-0.2, -0.15) is 8.75 Å². The zero-order valence-electron chi connectivity index (χ0n) is 19.1. The summed E-state index contributed by atoms with van der Waals surface area (Å²) >= 11 is 1.12. The first-order valence-electron chi connectivity index (χ1n) is 11.0. The highest BCUT2D eigenvalue weighted by Crippen LogP contribution is 2.42. The van der Waals surface area contributed by atoms with Gasteiger partial charge >= 0.3 is 6.16 Å². The highest BCUT2D eigenvalue weighted by atomic mass is 32.1. The van der Waals surface area contributed by atoms with Crippen LogP contribution in [0.1, 0.15) is 18.1 Å². The van der Waals surface area contributed by atoms with Crippen LogP contribution in [-0.2, 0) is 17.9 Å². The standard InChI is InChI=1S/C25H20N4O6S/c1-2-34-25(31)35-24-23(17-6-3-15(14-30)4-7-17)19-12-18(29(32)33)8-10-22(19)28(24)13-16-5-9-20-21(11-16)27-36-26-20/h3-12,30H,2,13-14H2,1H3. The van der Waals surface area contributed by atoms with Gasteiger partial charge in [0.2, 0.25) is 5.88 Å². The van der Waals surface area contributed by atoms with Crippen LogP contribution in [0.3, 0.4) is 0 Å². The van der Waals surface area contributed by atoms with Gasteiger partial charge in [-0.15, -0.1) is 0 Å². The third-order valence-electron chi connectivity index (χ3n) is 5.74. The molecule has 3 aromatic carbocycles. The van der Waals surface area contributed by atoms with E-state index in [0.29, 0.717) is 34.1 Å². The summed E-state index contributed by atoms with van der Waals surface area (Å²) in [4.78, 5) is 23.6. The Kier molecular flexibility index (Phi) is 6.32. The fourth-order valence-electron chi connectivity index (χ4n) is 4.09. The smallest absolute Gasteiger partial charge is 0.434 e. The van der Waals surface area contributed by atoms with E-state index < -0.39 is 11.1 Å².